The topological polar surface area (TPSA) is 66.6 Å². The maximum Gasteiger partial charge on any atom is 0.239 e. The summed E-state index contributed by atoms with van der Waals surface area (Å²) in [6, 6.07) is 15.2. The molecule has 2 N–H and O–H groups in total. The lowest BCUT2D eigenvalue weighted by Gasteiger charge is -2.25. The summed E-state index contributed by atoms with van der Waals surface area (Å²) in [7, 11) is 0. The molecule has 1 aliphatic rings. The van der Waals surface area contributed by atoms with Crippen LogP contribution in [0.25, 0.3) is 0 Å². The Morgan fingerprint density at radius 2 is 1.61 bits per heavy atom. The van der Waals surface area contributed by atoms with Gasteiger partial charge in [0.1, 0.15) is 5.82 Å². The summed E-state index contributed by atoms with van der Waals surface area (Å²) in [6.07, 6.45) is 1.37. The van der Waals surface area contributed by atoms with Crippen molar-refractivity contribution in [2.45, 2.75) is 25.3 Å². The van der Waals surface area contributed by atoms with Crippen LogP contribution in [-0.2, 0) is 22.4 Å². The number of carbonyl (C=O) groups excluding carboxylic acids is 2. The summed E-state index contributed by atoms with van der Waals surface area (Å²) in [6.45, 7) is 2.12. The maximum absolute atomic E-state index is 13.3. The smallest absolute Gasteiger partial charge is 0.239 e. The quantitative estimate of drug-likeness (QED) is 0.859. The molecule has 1 aliphatic heterocycles. The second-order valence-electron chi connectivity index (χ2n) is 7.16. The van der Waals surface area contributed by atoms with Crippen LogP contribution >= 0.6 is 0 Å². The Bertz CT molecular complexity index is 812. The van der Waals surface area contributed by atoms with Crippen molar-refractivity contribution >= 4 is 11.8 Å². The fourth-order valence-corrected chi connectivity index (χ4v) is 3.51. The van der Waals surface area contributed by atoms with Crippen LogP contribution in [0, 0.1) is 5.82 Å². The molecule has 2 amide bonds. The van der Waals surface area contributed by atoms with Crippen molar-refractivity contribution in [2.75, 3.05) is 26.2 Å². The van der Waals surface area contributed by atoms with Crippen LogP contribution in [0.4, 0.5) is 4.39 Å². The fraction of sp³-hybridized carbons (Fsp3) is 0.364. The van der Waals surface area contributed by atoms with Crippen molar-refractivity contribution in [1.82, 2.24) is 9.80 Å². The van der Waals surface area contributed by atoms with Gasteiger partial charge in [0, 0.05) is 26.2 Å². The molecule has 0 aromatic heterocycles. The Morgan fingerprint density at radius 3 is 2.36 bits per heavy atom. The molecule has 0 bridgehead atoms. The second-order valence-corrected chi connectivity index (χ2v) is 7.16. The SMILES string of the molecule is N[C@@H](Cc1ccccc1)C(=O)N1CCCN(C(=O)Cc2cccc(F)c2)CC1. The second kappa shape index (κ2) is 9.46. The Balaban J connectivity index is 1.53. The van der Waals surface area contributed by atoms with Crippen molar-refractivity contribution in [2.24, 2.45) is 5.73 Å². The van der Waals surface area contributed by atoms with Gasteiger partial charge in [0.15, 0.2) is 0 Å². The van der Waals surface area contributed by atoms with E-state index < -0.39 is 6.04 Å². The summed E-state index contributed by atoms with van der Waals surface area (Å²) in [5.74, 6) is -0.470. The van der Waals surface area contributed by atoms with Gasteiger partial charge in [-0.05, 0) is 36.1 Å². The van der Waals surface area contributed by atoms with Gasteiger partial charge in [0.05, 0.1) is 12.5 Å². The monoisotopic (exact) mass is 383 g/mol. The predicted molar refractivity (Wildman–Crippen MR) is 106 cm³/mol. The molecule has 1 saturated heterocycles. The zero-order valence-corrected chi connectivity index (χ0v) is 15.9. The Morgan fingerprint density at radius 1 is 0.929 bits per heavy atom. The van der Waals surface area contributed by atoms with E-state index in [0.717, 1.165) is 5.56 Å². The average molecular weight is 383 g/mol. The Kier molecular flexibility index (Phi) is 6.76. The minimum Gasteiger partial charge on any atom is -0.341 e. The van der Waals surface area contributed by atoms with Crippen LogP contribution in [0.2, 0.25) is 0 Å². The first kappa shape index (κ1) is 20.0. The van der Waals surface area contributed by atoms with Crippen LogP contribution in [0.15, 0.2) is 54.6 Å². The highest BCUT2D eigenvalue weighted by Gasteiger charge is 2.25. The zero-order chi connectivity index (χ0) is 19.9. The van der Waals surface area contributed by atoms with Crippen molar-refractivity contribution < 1.29 is 14.0 Å². The third kappa shape index (κ3) is 5.39. The van der Waals surface area contributed by atoms with Gasteiger partial charge in [0.2, 0.25) is 11.8 Å². The zero-order valence-electron chi connectivity index (χ0n) is 15.9. The van der Waals surface area contributed by atoms with E-state index in [4.69, 9.17) is 5.73 Å². The molecule has 0 unspecified atom stereocenters. The molecule has 28 heavy (non-hydrogen) atoms. The van der Waals surface area contributed by atoms with E-state index in [1.165, 1.54) is 12.1 Å². The highest BCUT2D eigenvalue weighted by atomic mass is 19.1. The van der Waals surface area contributed by atoms with Gasteiger partial charge in [-0.3, -0.25) is 9.59 Å². The lowest BCUT2D eigenvalue weighted by atomic mass is 10.1. The number of hydrogen-bond donors (Lipinski definition) is 1. The summed E-state index contributed by atoms with van der Waals surface area (Å²) in [5, 5.41) is 0. The van der Waals surface area contributed by atoms with E-state index in [2.05, 4.69) is 0 Å². The van der Waals surface area contributed by atoms with Gasteiger partial charge in [-0.1, -0.05) is 42.5 Å². The average Bonchev–Trinajstić information content (AvgIpc) is 2.94. The molecule has 2 aromatic rings. The highest BCUT2D eigenvalue weighted by Crippen LogP contribution is 2.11. The molecule has 2 aromatic carbocycles. The van der Waals surface area contributed by atoms with Crippen LogP contribution in [-0.4, -0.2) is 53.8 Å². The van der Waals surface area contributed by atoms with Gasteiger partial charge in [-0.2, -0.15) is 0 Å². The van der Waals surface area contributed by atoms with Gasteiger partial charge in [0.25, 0.3) is 0 Å². The first-order valence-electron chi connectivity index (χ1n) is 9.63. The fourth-order valence-electron chi connectivity index (χ4n) is 3.51. The Hall–Kier alpha value is -2.73. The number of hydrogen-bond acceptors (Lipinski definition) is 3. The molecular weight excluding hydrogens is 357 g/mol. The highest BCUT2D eigenvalue weighted by molar-refractivity contribution is 5.82. The molecule has 1 fully saturated rings. The molecule has 5 nitrogen and oxygen atoms in total. The normalized spacial score (nSPS) is 15.8. The van der Waals surface area contributed by atoms with Crippen molar-refractivity contribution in [3.8, 4) is 0 Å². The number of amides is 2. The molecule has 1 atom stereocenters. The van der Waals surface area contributed by atoms with Crippen molar-refractivity contribution in [3.05, 3.63) is 71.5 Å². The van der Waals surface area contributed by atoms with Gasteiger partial charge < -0.3 is 15.5 Å². The third-order valence-electron chi connectivity index (χ3n) is 5.02. The molecule has 0 aliphatic carbocycles. The molecule has 1 heterocycles. The summed E-state index contributed by atoms with van der Waals surface area (Å²) >= 11 is 0. The summed E-state index contributed by atoms with van der Waals surface area (Å²) in [5.41, 5.74) is 7.83. The minimum absolute atomic E-state index is 0.0477. The number of nitrogens with two attached hydrogens (primary N) is 1. The predicted octanol–water partition coefficient (Wildman–Crippen LogP) is 2.00. The van der Waals surface area contributed by atoms with Crippen LogP contribution in [0.1, 0.15) is 17.5 Å². The number of benzene rings is 2. The van der Waals surface area contributed by atoms with E-state index in [1.807, 2.05) is 30.3 Å². The third-order valence-corrected chi connectivity index (χ3v) is 5.02. The number of nitrogens with zero attached hydrogens (tertiary/aromatic N) is 2. The largest absolute Gasteiger partial charge is 0.341 e. The maximum atomic E-state index is 13.3. The molecule has 0 radical (unpaired) electrons. The first-order chi connectivity index (χ1) is 13.5. The molecule has 3 rings (SSSR count). The van der Waals surface area contributed by atoms with Crippen LogP contribution < -0.4 is 5.73 Å². The summed E-state index contributed by atoms with van der Waals surface area (Å²) < 4.78 is 13.3. The number of rotatable bonds is 5. The standard InChI is InChI=1S/C22H26FN3O2/c23-19-9-4-8-18(14-19)16-21(27)25-10-5-11-26(13-12-25)22(28)20(24)15-17-6-2-1-3-7-17/h1-4,6-9,14,20H,5,10-13,15-16,24H2/t20-/m0/s1. The first-order valence-corrected chi connectivity index (χ1v) is 9.63. The summed E-state index contributed by atoms with van der Waals surface area (Å²) in [4.78, 5) is 28.8. The van der Waals surface area contributed by atoms with E-state index in [9.17, 15) is 14.0 Å². The van der Waals surface area contributed by atoms with Gasteiger partial charge in [-0.15, -0.1) is 0 Å². The van der Waals surface area contributed by atoms with Crippen molar-refractivity contribution in [1.29, 1.82) is 0 Å². The number of carbonyl (C=O) groups is 2. The lowest BCUT2D eigenvalue weighted by Crippen LogP contribution is -2.46. The Labute approximate surface area is 164 Å². The van der Waals surface area contributed by atoms with Gasteiger partial charge >= 0.3 is 0 Å². The minimum atomic E-state index is -0.586. The molecule has 6 heteroatoms. The number of halogens is 1. The van der Waals surface area contributed by atoms with E-state index in [0.29, 0.717) is 44.6 Å². The molecule has 0 saturated carbocycles. The molecular formula is C22H26FN3O2. The van der Waals surface area contributed by atoms with E-state index in [-0.39, 0.29) is 24.1 Å². The van der Waals surface area contributed by atoms with Crippen LogP contribution in [0.3, 0.4) is 0 Å². The van der Waals surface area contributed by atoms with Gasteiger partial charge in [-0.25, -0.2) is 4.39 Å². The van der Waals surface area contributed by atoms with Crippen LogP contribution in [0.5, 0.6) is 0 Å². The molecule has 148 valence electrons. The molecule has 0 spiro atoms. The van der Waals surface area contributed by atoms with E-state index in [1.54, 1.807) is 21.9 Å². The van der Waals surface area contributed by atoms with E-state index >= 15 is 0 Å². The lowest BCUT2D eigenvalue weighted by molar-refractivity contribution is -0.134. The van der Waals surface area contributed by atoms with Crippen molar-refractivity contribution in [3.63, 3.8) is 0 Å².